The molecule has 1 aromatic heterocycles. The van der Waals surface area contributed by atoms with Crippen molar-refractivity contribution in [2.75, 3.05) is 5.32 Å². The predicted molar refractivity (Wildman–Crippen MR) is 106 cm³/mol. The van der Waals surface area contributed by atoms with Gasteiger partial charge in [0.2, 0.25) is 5.91 Å². The third-order valence-electron chi connectivity index (χ3n) is 4.25. The van der Waals surface area contributed by atoms with Crippen molar-refractivity contribution in [3.05, 3.63) is 88.7 Å². The van der Waals surface area contributed by atoms with Crippen LogP contribution in [0.1, 0.15) is 15.9 Å². The number of benzene rings is 2. The van der Waals surface area contributed by atoms with Gasteiger partial charge in [0.15, 0.2) is 0 Å². The summed E-state index contributed by atoms with van der Waals surface area (Å²) >= 11 is 0. The van der Waals surface area contributed by atoms with E-state index in [0.717, 1.165) is 16.5 Å². The average molecular weight is 361 g/mol. The number of rotatable bonds is 5. The first-order valence-corrected chi connectivity index (χ1v) is 8.38. The molecule has 0 fully saturated rings. The van der Waals surface area contributed by atoms with Crippen molar-refractivity contribution in [3.63, 3.8) is 0 Å². The number of anilines is 1. The predicted octanol–water partition coefficient (Wildman–Crippen LogP) is 2.59. The van der Waals surface area contributed by atoms with Crippen molar-refractivity contribution in [3.8, 4) is 0 Å². The molecule has 6 heteroatoms. The normalized spacial score (nSPS) is 10.4. The number of amides is 2. The lowest BCUT2D eigenvalue weighted by atomic mass is 10.1. The van der Waals surface area contributed by atoms with E-state index in [-0.39, 0.29) is 17.4 Å². The van der Waals surface area contributed by atoms with E-state index in [9.17, 15) is 14.4 Å². The van der Waals surface area contributed by atoms with Crippen molar-refractivity contribution < 1.29 is 9.59 Å². The zero-order valence-corrected chi connectivity index (χ0v) is 14.9. The summed E-state index contributed by atoms with van der Waals surface area (Å²) in [5.41, 5.74) is 2.62. The Morgan fingerprint density at radius 1 is 1.07 bits per heavy atom. The first-order chi connectivity index (χ1) is 13.0. The zero-order chi connectivity index (χ0) is 19.4. The van der Waals surface area contributed by atoms with Crippen molar-refractivity contribution in [1.29, 1.82) is 0 Å². The van der Waals surface area contributed by atoms with E-state index in [4.69, 9.17) is 0 Å². The summed E-state index contributed by atoms with van der Waals surface area (Å²) in [7, 11) is 1.69. The first kappa shape index (κ1) is 18.1. The lowest BCUT2D eigenvalue weighted by molar-refractivity contribution is -0.116. The lowest BCUT2D eigenvalue weighted by Gasteiger charge is -2.09. The number of fused-ring (bicyclic) bond motifs is 1. The van der Waals surface area contributed by atoms with Crippen molar-refractivity contribution in [1.82, 2.24) is 9.88 Å². The van der Waals surface area contributed by atoms with Gasteiger partial charge >= 0.3 is 0 Å². The fourth-order valence-electron chi connectivity index (χ4n) is 2.68. The topological polar surface area (TPSA) is 80.2 Å². The highest BCUT2D eigenvalue weighted by Gasteiger charge is 2.08. The molecule has 2 N–H and O–H groups in total. The van der Waals surface area contributed by atoms with Gasteiger partial charge in [0, 0.05) is 30.9 Å². The van der Waals surface area contributed by atoms with E-state index in [0.29, 0.717) is 17.8 Å². The summed E-state index contributed by atoms with van der Waals surface area (Å²) < 4.78 is 1.54. The van der Waals surface area contributed by atoms with Crippen LogP contribution in [0.3, 0.4) is 0 Å². The van der Waals surface area contributed by atoms with E-state index in [1.54, 1.807) is 49.5 Å². The summed E-state index contributed by atoms with van der Waals surface area (Å²) in [6.07, 6.45) is 1.21. The van der Waals surface area contributed by atoms with E-state index >= 15 is 0 Å². The van der Waals surface area contributed by atoms with E-state index < -0.39 is 0 Å². The standard InChI is InChI=1S/C21H19N3O3/c1-3-19(25)22-13-14-4-6-16(7-5-14)21(27)23-17-10-8-15-9-11-20(26)24(2)18(15)12-17/h3-12H,1,13H2,2H3,(H,22,25)(H,23,27). The Hall–Kier alpha value is -3.67. The van der Waals surface area contributed by atoms with Crippen LogP contribution in [0.25, 0.3) is 10.9 Å². The number of carbonyl (C=O) groups excluding carboxylic acids is 2. The zero-order valence-electron chi connectivity index (χ0n) is 14.9. The van der Waals surface area contributed by atoms with Crippen molar-refractivity contribution in [2.45, 2.75) is 6.54 Å². The van der Waals surface area contributed by atoms with Gasteiger partial charge in [0.1, 0.15) is 0 Å². The van der Waals surface area contributed by atoms with Crippen LogP contribution in [0, 0.1) is 0 Å². The maximum atomic E-state index is 12.5. The van der Waals surface area contributed by atoms with Crippen LogP contribution in [0.15, 0.2) is 72.0 Å². The SMILES string of the molecule is C=CC(=O)NCc1ccc(C(=O)Nc2ccc3ccc(=O)n(C)c3c2)cc1. The summed E-state index contributed by atoms with van der Waals surface area (Å²) in [5, 5.41) is 6.43. The van der Waals surface area contributed by atoms with Crippen molar-refractivity contribution in [2.24, 2.45) is 7.05 Å². The molecule has 2 amide bonds. The van der Waals surface area contributed by atoms with Gasteiger partial charge in [-0.25, -0.2) is 0 Å². The number of aryl methyl sites for hydroxylation is 1. The molecule has 0 aliphatic heterocycles. The largest absolute Gasteiger partial charge is 0.348 e. The fraction of sp³-hybridized carbons (Fsp3) is 0.0952. The third-order valence-corrected chi connectivity index (χ3v) is 4.25. The second kappa shape index (κ2) is 7.70. The second-order valence-electron chi connectivity index (χ2n) is 6.08. The quantitative estimate of drug-likeness (QED) is 0.686. The molecule has 3 aromatic rings. The first-order valence-electron chi connectivity index (χ1n) is 8.38. The molecule has 0 spiro atoms. The number of hydrogen-bond donors (Lipinski definition) is 2. The summed E-state index contributed by atoms with van der Waals surface area (Å²) in [6.45, 7) is 3.76. The van der Waals surface area contributed by atoms with E-state index in [1.165, 1.54) is 16.7 Å². The van der Waals surface area contributed by atoms with Gasteiger partial charge in [0.25, 0.3) is 11.5 Å². The van der Waals surface area contributed by atoms with Crippen LogP contribution >= 0.6 is 0 Å². The Kier molecular flexibility index (Phi) is 5.17. The molecule has 2 aromatic carbocycles. The van der Waals surface area contributed by atoms with Gasteiger partial charge in [-0.1, -0.05) is 24.8 Å². The third kappa shape index (κ3) is 4.12. The minimum Gasteiger partial charge on any atom is -0.348 e. The van der Waals surface area contributed by atoms with Crippen LogP contribution in [0.4, 0.5) is 5.69 Å². The molecule has 0 radical (unpaired) electrons. The molecule has 1 heterocycles. The van der Waals surface area contributed by atoms with Crippen LogP contribution in [-0.2, 0) is 18.4 Å². The Labute approximate surface area is 156 Å². The summed E-state index contributed by atoms with van der Waals surface area (Å²) in [4.78, 5) is 35.4. The van der Waals surface area contributed by atoms with Gasteiger partial charge in [-0.3, -0.25) is 14.4 Å². The van der Waals surface area contributed by atoms with Gasteiger partial charge < -0.3 is 15.2 Å². The monoisotopic (exact) mass is 361 g/mol. The molecule has 27 heavy (non-hydrogen) atoms. The number of hydrogen-bond acceptors (Lipinski definition) is 3. The Morgan fingerprint density at radius 2 is 1.78 bits per heavy atom. The number of carbonyl (C=O) groups is 2. The molecular formula is C21H19N3O3. The van der Waals surface area contributed by atoms with Crippen LogP contribution in [0.5, 0.6) is 0 Å². The molecule has 0 aliphatic carbocycles. The molecule has 0 saturated carbocycles. The molecule has 136 valence electrons. The van der Waals surface area contributed by atoms with Crippen LogP contribution < -0.4 is 16.2 Å². The maximum absolute atomic E-state index is 12.5. The molecule has 0 bridgehead atoms. The second-order valence-corrected chi connectivity index (χ2v) is 6.08. The molecule has 0 unspecified atom stereocenters. The van der Waals surface area contributed by atoms with E-state index in [2.05, 4.69) is 17.2 Å². The Bertz CT molecular complexity index is 1080. The Morgan fingerprint density at radius 3 is 2.48 bits per heavy atom. The van der Waals surface area contributed by atoms with E-state index in [1.807, 2.05) is 6.07 Å². The molecule has 3 rings (SSSR count). The summed E-state index contributed by atoms with van der Waals surface area (Å²) in [6, 6.07) is 15.6. The highest BCUT2D eigenvalue weighted by molar-refractivity contribution is 6.05. The van der Waals surface area contributed by atoms with Crippen LogP contribution in [-0.4, -0.2) is 16.4 Å². The van der Waals surface area contributed by atoms with Gasteiger partial charge in [-0.2, -0.15) is 0 Å². The molecular weight excluding hydrogens is 342 g/mol. The highest BCUT2D eigenvalue weighted by Crippen LogP contribution is 2.18. The molecule has 0 atom stereocenters. The molecule has 0 aliphatic rings. The van der Waals surface area contributed by atoms with Crippen LogP contribution in [0.2, 0.25) is 0 Å². The molecule has 0 saturated heterocycles. The smallest absolute Gasteiger partial charge is 0.255 e. The minimum absolute atomic E-state index is 0.106. The lowest BCUT2D eigenvalue weighted by Crippen LogP contribution is -2.20. The summed E-state index contributed by atoms with van der Waals surface area (Å²) in [5.74, 6) is -0.500. The number of aromatic nitrogens is 1. The van der Waals surface area contributed by atoms with Gasteiger partial charge in [-0.15, -0.1) is 0 Å². The minimum atomic E-state index is -0.253. The van der Waals surface area contributed by atoms with Gasteiger partial charge in [-0.05, 0) is 47.4 Å². The average Bonchev–Trinajstić information content (AvgIpc) is 2.69. The Balaban J connectivity index is 1.74. The van der Waals surface area contributed by atoms with Gasteiger partial charge in [0.05, 0.1) is 5.52 Å². The number of nitrogens with one attached hydrogen (secondary N) is 2. The number of nitrogens with zero attached hydrogens (tertiary/aromatic N) is 1. The molecule has 6 nitrogen and oxygen atoms in total. The number of pyridine rings is 1. The maximum Gasteiger partial charge on any atom is 0.255 e. The van der Waals surface area contributed by atoms with Crippen molar-refractivity contribution >= 4 is 28.4 Å². The fourth-order valence-corrected chi connectivity index (χ4v) is 2.68. The highest BCUT2D eigenvalue weighted by atomic mass is 16.2.